The lowest BCUT2D eigenvalue weighted by molar-refractivity contribution is 0.0998. The normalized spacial score (nSPS) is 18.4. The van der Waals surface area contributed by atoms with Crippen molar-refractivity contribution in [3.63, 3.8) is 0 Å². The van der Waals surface area contributed by atoms with E-state index in [0.717, 1.165) is 35.9 Å². The predicted molar refractivity (Wildman–Crippen MR) is 129 cm³/mol. The van der Waals surface area contributed by atoms with Crippen molar-refractivity contribution in [2.24, 2.45) is 12.0 Å². The smallest absolute Gasteiger partial charge is 0.279 e. The number of sulfonamides is 1. The Bertz CT molecular complexity index is 1350. The van der Waals surface area contributed by atoms with Crippen LogP contribution in [0.1, 0.15) is 43.0 Å². The van der Waals surface area contributed by atoms with Crippen LogP contribution in [-0.2, 0) is 17.1 Å². The average molecular weight is 512 g/mol. The molecule has 1 amide bonds. The van der Waals surface area contributed by atoms with Crippen molar-refractivity contribution in [2.45, 2.75) is 43.5 Å². The van der Waals surface area contributed by atoms with Crippen molar-refractivity contribution in [3.05, 3.63) is 56.8 Å². The number of aryl methyl sites for hydroxylation is 1. The highest BCUT2D eigenvalue weighted by Crippen LogP contribution is 2.29. The number of hydrogen-bond acceptors (Lipinski definition) is 4. The van der Waals surface area contributed by atoms with Gasteiger partial charge in [0.1, 0.15) is 0 Å². The molecule has 1 aliphatic heterocycles. The topological polar surface area (TPSA) is 71.7 Å². The summed E-state index contributed by atoms with van der Waals surface area (Å²) in [6.07, 6.45) is 3.58. The summed E-state index contributed by atoms with van der Waals surface area (Å²) < 4.78 is 30.4. The van der Waals surface area contributed by atoms with Crippen LogP contribution in [0.15, 0.2) is 46.3 Å². The van der Waals surface area contributed by atoms with Crippen LogP contribution in [0.25, 0.3) is 10.2 Å². The van der Waals surface area contributed by atoms with Crippen molar-refractivity contribution >= 4 is 60.7 Å². The lowest BCUT2D eigenvalue weighted by atomic mass is 10.0. The molecule has 1 atom stereocenters. The lowest BCUT2D eigenvalue weighted by Crippen LogP contribution is -2.43. The Morgan fingerprint density at radius 1 is 1.19 bits per heavy atom. The standard InChI is InChI=1S/C22H23Cl2N3O3S2/c1-3-16-6-4-5-11-27(16)32(29,30)17-9-7-14(8-10-17)21(28)25-22-26(2)20-18(24)12-15(23)13-19(20)31-22/h7-10,12-13,16H,3-6,11H2,1-2H3. The van der Waals surface area contributed by atoms with Gasteiger partial charge in [0.25, 0.3) is 5.91 Å². The number of halogens is 2. The molecule has 0 N–H and O–H groups in total. The molecule has 2 heterocycles. The maximum Gasteiger partial charge on any atom is 0.279 e. The Balaban J connectivity index is 1.64. The fraction of sp³-hybridized carbons (Fsp3) is 0.364. The van der Waals surface area contributed by atoms with E-state index in [0.29, 0.717) is 27.0 Å². The van der Waals surface area contributed by atoms with E-state index in [-0.39, 0.29) is 10.9 Å². The highest BCUT2D eigenvalue weighted by Gasteiger charge is 2.32. The van der Waals surface area contributed by atoms with E-state index in [1.165, 1.54) is 35.6 Å². The summed E-state index contributed by atoms with van der Waals surface area (Å²) in [6.45, 7) is 2.54. The van der Waals surface area contributed by atoms with Gasteiger partial charge in [-0.3, -0.25) is 4.79 Å². The molecule has 0 radical (unpaired) electrons. The quantitative estimate of drug-likeness (QED) is 0.480. The first-order valence-electron chi connectivity index (χ1n) is 10.4. The Morgan fingerprint density at radius 2 is 1.91 bits per heavy atom. The molecule has 1 fully saturated rings. The van der Waals surface area contributed by atoms with Gasteiger partial charge >= 0.3 is 0 Å². The van der Waals surface area contributed by atoms with E-state index in [9.17, 15) is 13.2 Å². The lowest BCUT2D eigenvalue weighted by Gasteiger charge is -2.34. The van der Waals surface area contributed by atoms with Gasteiger partial charge in [-0.2, -0.15) is 9.30 Å². The van der Waals surface area contributed by atoms with Gasteiger partial charge in [-0.15, -0.1) is 0 Å². The number of rotatable bonds is 4. The summed E-state index contributed by atoms with van der Waals surface area (Å²) >= 11 is 13.7. The number of aromatic nitrogens is 1. The van der Waals surface area contributed by atoms with Gasteiger partial charge in [0.05, 0.1) is 20.1 Å². The Morgan fingerprint density at radius 3 is 2.59 bits per heavy atom. The minimum Gasteiger partial charge on any atom is -0.318 e. The molecule has 0 aliphatic carbocycles. The fourth-order valence-electron chi connectivity index (χ4n) is 4.06. The SMILES string of the molecule is CCC1CCCCN1S(=O)(=O)c1ccc(C(=O)N=c2sc3cc(Cl)cc(Cl)c3n2C)cc1. The second kappa shape index (κ2) is 9.27. The van der Waals surface area contributed by atoms with Gasteiger partial charge in [-0.25, -0.2) is 8.42 Å². The van der Waals surface area contributed by atoms with Gasteiger partial charge in [-0.1, -0.05) is 47.9 Å². The molecule has 1 unspecified atom stereocenters. The number of carbonyl (C=O) groups is 1. The Kier molecular flexibility index (Phi) is 6.79. The zero-order chi connectivity index (χ0) is 23.0. The number of carbonyl (C=O) groups excluding carboxylic acids is 1. The maximum atomic E-state index is 13.1. The predicted octanol–water partition coefficient (Wildman–Crippen LogP) is 5.24. The molecule has 10 heteroatoms. The first-order chi connectivity index (χ1) is 15.2. The molecule has 6 nitrogen and oxygen atoms in total. The highest BCUT2D eigenvalue weighted by molar-refractivity contribution is 7.89. The molecule has 4 rings (SSSR count). The maximum absolute atomic E-state index is 13.1. The summed E-state index contributed by atoms with van der Waals surface area (Å²) in [5, 5.41) is 0.996. The number of piperidine rings is 1. The zero-order valence-electron chi connectivity index (χ0n) is 17.7. The van der Waals surface area contributed by atoms with E-state index < -0.39 is 15.9 Å². The first-order valence-corrected chi connectivity index (χ1v) is 13.4. The van der Waals surface area contributed by atoms with E-state index in [1.807, 2.05) is 6.92 Å². The number of nitrogens with zero attached hydrogens (tertiary/aromatic N) is 3. The number of thiazole rings is 1. The highest BCUT2D eigenvalue weighted by atomic mass is 35.5. The van der Waals surface area contributed by atoms with E-state index >= 15 is 0 Å². The van der Waals surface area contributed by atoms with Crippen LogP contribution in [0.5, 0.6) is 0 Å². The minimum absolute atomic E-state index is 0.0262. The molecule has 1 saturated heterocycles. The Hall–Kier alpha value is -1.71. The first kappa shape index (κ1) is 23.4. The molecule has 170 valence electrons. The number of amides is 1. The van der Waals surface area contributed by atoms with Crippen LogP contribution in [0.2, 0.25) is 10.0 Å². The molecular weight excluding hydrogens is 489 g/mol. The monoisotopic (exact) mass is 511 g/mol. The van der Waals surface area contributed by atoms with Gasteiger partial charge in [-0.05, 0) is 55.7 Å². The van der Waals surface area contributed by atoms with Crippen LogP contribution in [0, 0.1) is 0 Å². The summed E-state index contributed by atoms with van der Waals surface area (Å²) in [7, 11) is -1.81. The van der Waals surface area contributed by atoms with Crippen LogP contribution in [0.3, 0.4) is 0 Å². The molecule has 0 spiro atoms. The van der Waals surface area contributed by atoms with E-state index in [2.05, 4.69) is 4.99 Å². The summed E-state index contributed by atoms with van der Waals surface area (Å²) in [5.74, 6) is -0.456. The van der Waals surface area contributed by atoms with Gasteiger partial charge < -0.3 is 4.57 Å². The van der Waals surface area contributed by atoms with Crippen molar-refractivity contribution in [1.82, 2.24) is 8.87 Å². The number of hydrogen-bond donors (Lipinski definition) is 0. The van der Waals surface area contributed by atoms with Crippen LogP contribution in [-0.4, -0.2) is 35.8 Å². The molecule has 1 aromatic heterocycles. The summed E-state index contributed by atoms with van der Waals surface area (Å²) in [4.78, 5) is 17.7. The second-order valence-corrected chi connectivity index (χ2v) is 11.5. The third kappa shape index (κ3) is 4.39. The van der Waals surface area contributed by atoms with Gasteiger partial charge in [0.2, 0.25) is 10.0 Å². The van der Waals surface area contributed by atoms with Crippen LogP contribution < -0.4 is 4.80 Å². The van der Waals surface area contributed by atoms with E-state index in [4.69, 9.17) is 23.2 Å². The largest absolute Gasteiger partial charge is 0.318 e. The molecule has 3 aromatic rings. The molecule has 32 heavy (non-hydrogen) atoms. The molecule has 1 aliphatic rings. The second-order valence-electron chi connectivity index (χ2n) is 7.79. The molecule has 0 bridgehead atoms. The minimum atomic E-state index is -3.60. The molecular formula is C22H23Cl2N3O3S2. The third-order valence-corrected chi connectivity index (χ3v) is 9.32. The number of benzene rings is 2. The Labute approximate surface area is 201 Å². The summed E-state index contributed by atoms with van der Waals surface area (Å²) in [5.41, 5.74) is 1.07. The summed E-state index contributed by atoms with van der Waals surface area (Å²) in [6, 6.07) is 9.46. The van der Waals surface area contributed by atoms with Crippen molar-refractivity contribution in [3.8, 4) is 0 Å². The molecule has 2 aromatic carbocycles. The van der Waals surface area contributed by atoms with Crippen molar-refractivity contribution in [2.75, 3.05) is 6.54 Å². The van der Waals surface area contributed by atoms with Crippen LogP contribution in [0.4, 0.5) is 0 Å². The third-order valence-electron chi connectivity index (χ3n) is 5.77. The van der Waals surface area contributed by atoms with E-state index in [1.54, 1.807) is 28.1 Å². The fourth-order valence-corrected chi connectivity index (χ4v) is 7.65. The van der Waals surface area contributed by atoms with Crippen LogP contribution >= 0.6 is 34.5 Å². The average Bonchev–Trinajstić information content (AvgIpc) is 3.08. The van der Waals surface area contributed by atoms with Crippen molar-refractivity contribution < 1.29 is 13.2 Å². The van der Waals surface area contributed by atoms with Crippen molar-refractivity contribution in [1.29, 1.82) is 0 Å². The van der Waals surface area contributed by atoms with Gasteiger partial charge in [0.15, 0.2) is 4.80 Å². The van der Waals surface area contributed by atoms with Gasteiger partial charge in [0, 0.05) is 30.2 Å². The number of fused-ring (bicyclic) bond motifs is 1. The zero-order valence-corrected chi connectivity index (χ0v) is 20.9. The molecule has 0 saturated carbocycles.